The first-order valence-corrected chi connectivity index (χ1v) is 10.7. The summed E-state index contributed by atoms with van der Waals surface area (Å²) in [5.41, 5.74) is 4.45. The smallest absolute Gasteiger partial charge is 0.0848 e. The van der Waals surface area contributed by atoms with Gasteiger partial charge in [-0.3, -0.25) is 0 Å². The first kappa shape index (κ1) is 16.6. The number of ether oxygens (including phenoxy) is 2. The molecule has 138 valence electrons. The Labute approximate surface area is 153 Å². The van der Waals surface area contributed by atoms with Crippen molar-refractivity contribution in [1.29, 1.82) is 0 Å². The van der Waals surface area contributed by atoms with Crippen LogP contribution in [0.1, 0.15) is 65.2 Å². The topological polar surface area (TPSA) is 18.5 Å². The SMILES string of the molecule is C[C@]12CC[C@H]3[C@@H](CC=C4CCCC[C@@]43C)C1=CC[C@@H]2C1COCCO1. The fraction of sp³-hybridized carbons (Fsp3) is 0.826. The van der Waals surface area contributed by atoms with Gasteiger partial charge in [0, 0.05) is 0 Å². The van der Waals surface area contributed by atoms with E-state index in [1.54, 1.807) is 5.57 Å². The molecule has 25 heavy (non-hydrogen) atoms. The summed E-state index contributed by atoms with van der Waals surface area (Å²) in [4.78, 5) is 0. The van der Waals surface area contributed by atoms with Crippen molar-refractivity contribution < 1.29 is 9.47 Å². The highest BCUT2D eigenvalue weighted by Gasteiger charge is 2.56. The first-order valence-electron chi connectivity index (χ1n) is 10.7. The van der Waals surface area contributed by atoms with Crippen molar-refractivity contribution in [1.82, 2.24) is 0 Å². The molecule has 4 aliphatic carbocycles. The van der Waals surface area contributed by atoms with E-state index in [9.17, 15) is 0 Å². The van der Waals surface area contributed by atoms with Crippen molar-refractivity contribution in [3.8, 4) is 0 Å². The molecular formula is C23H34O2. The van der Waals surface area contributed by atoms with Crippen LogP contribution in [0, 0.1) is 28.6 Å². The van der Waals surface area contributed by atoms with Gasteiger partial charge in [0.15, 0.2) is 0 Å². The summed E-state index contributed by atoms with van der Waals surface area (Å²) < 4.78 is 11.9. The molecule has 1 saturated heterocycles. The zero-order chi connectivity index (χ0) is 17.1. The number of hydrogen-bond donors (Lipinski definition) is 0. The lowest BCUT2D eigenvalue weighted by Gasteiger charge is -2.56. The van der Waals surface area contributed by atoms with Crippen molar-refractivity contribution in [3.05, 3.63) is 23.3 Å². The highest BCUT2D eigenvalue weighted by Crippen LogP contribution is 2.65. The molecular weight excluding hydrogens is 308 g/mol. The average Bonchev–Trinajstić information content (AvgIpc) is 2.99. The number of allylic oxidation sites excluding steroid dienone is 4. The standard InChI is InChI=1S/C23H34O2/c1-22-11-4-3-5-16(22)6-7-17-18-8-9-20(21-15-24-13-14-25-21)23(18,2)12-10-19(17)22/h6,8,17,19-21H,3-5,7,9-15H2,1-2H3/t17-,19-,20+,21?,22-,23-/m0/s1. The van der Waals surface area contributed by atoms with E-state index in [1.165, 1.54) is 51.4 Å². The molecule has 0 N–H and O–H groups in total. The molecule has 6 atom stereocenters. The molecule has 0 bridgehead atoms. The molecule has 0 aromatic heterocycles. The molecule has 2 saturated carbocycles. The molecule has 2 heteroatoms. The quantitative estimate of drug-likeness (QED) is 0.603. The van der Waals surface area contributed by atoms with Crippen LogP contribution in [0.5, 0.6) is 0 Å². The Kier molecular flexibility index (Phi) is 3.95. The summed E-state index contributed by atoms with van der Waals surface area (Å²) in [5.74, 6) is 2.31. The van der Waals surface area contributed by atoms with Crippen LogP contribution in [0.3, 0.4) is 0 Å². The molecule has 1 aliphatic heterocycles. The maximum atomic E-state index is 6.15. The minimum absolute atomic E-state index is 0.309. The van der Waals surface area contributed by atoms with Crippen molar-refractivity contribution in [2.75, 3.05) is 19.8 Å². The van der Waals surface area contributed by atoms with E-state index in [0.717, 1.165) is 31.7 Å². The molecule has 5 aliphatic rings. The van der Waals surface area contributed by atoms with Crippen LogP contribution in [0.15, 0.2) is 23.3 Å². The zero-order valence-electron chi connectivity index (χ0n) is 16.1. The second-order valence-electron chi connectivity index (χ2n) is 9.74. The molecule has 0 aromatic carbocycles. The van der Waals surface area contributed by atoms with Gasteiger partial charge < -0.3 is 9.47 Å². The Morgan fingerprint density at radius 1 is 0.960 bits per heavy atom. The fourth-order valence-electron chi connectivity index (χ4n) is 7.38. The van der Waals surface area contributed by atoms with E-state index in [0.29, 0.717) is 22.9 Å². The molecule has 1 heterocycles. The maximum absolute atomic E-state index is 6.15. The Bertz CT molecular complexity index is 599. The van der Waals surface area contributed by atoms with Gasteiger partial charge in [-0.15, -0.1) is 0 Å². The van der Waals surface area contributed by atoms with Gasteiger partial charge >= 0.3 is 0 Å². The summed E-state index contributed by atoms with van der Waals surface area (Å²) >= 11 is 0. The molecule has 0 radical (unpaired) electrons. The minimum atomic E-state index is 0.309. The van der Waals surface area contributed by atoms with E-state index >= 15 is 0 Å². The zero-order valence-corrected chi connectivity index (χ0v) is 16.1. The largest absolute Gasteiger partial charge is 0.376 e. The lowest BCUT2D eigenvalue weighted by atomic mass is 9.49. The molecule has 0 amide bonds. The number of hydrogen-bond acceptors (Lipinski definition) is 2. The highest BCUT2D eigenvalue weighted by molar-refractivity contribution is 5.34. The van der Waals surface area contributed by atoms with Crippen LogP contribution in [0.25, 0.3) is 0 Å². The van der Waals surface area contributed by atoms with Crippen LogP contribution in [-0.4, -0.2) is 25.9 Å². The van der Waals surface area contributed by atoms with Gasteiger partial charge in [-0.2, -0.15) is 0 Å². The van der Waals surface area contributed by atoms with Crippen LogP contribution in [-0.2, 0) is 9.47 Å². The van der Waals surface area contributed by atoms with Crippen LogP contribution < -0.4 is 0 Å². The van der Waals surface area contributed by atoms with Gasteiger partial charge in [0.25, 0.3) is 0 Å². The third-order valence-corrected chi connectivity index (χ3v) is 8.78. The summed E-state index contributed by atoms with van der Waals surface area (Å²) in [5, 5.41) is 0. The first-order chi connectivity index (χ1) is 12.1. The van der Waals surface area contributed by atoms with E-state index in [-0.39, 0.29) is 0 Å². The normalized spacial score (nSPS) is 49.5. The predicted molar refractivity (Wildman–Crippen MR) is 100 cm³/mol. The molecule has 0 aromatic rings. The summed E-state index contributed by atoms with van der Waals surface area (Å²) in [6, 6.07) is 0. The van der Waals surface area contributed by atoms with Crippen molar-refractivity contribution in [2.24, 2.45) is 28.6 Å². The second kappa shape index (κ2) is 5.96. The van der Waals surface area contributed by atoms with Gasteiger partial charge in [0.05, 0.1) is 25.9 Å². The number of rotatable bonds is 1. The highest BCUT2D eigenvalue weighted by atomic mass is 16.6. The lowest BCUT2D eigenvalue weighted by Crippen LogP contribution is -2.49. The van der Waals surface area contributed by atoms with Gasteiger partial charge in [0.2, 0.25) is 0 Å². The van der Waals surface area contributed by atoms with Gasteiger partial charge in [-0.05, 0) is 73.5 Å². The third kappa shape index (κ3) is 2.36. The Morgan fingerprint density at radius 3 is 2.72 bits per heavy atom. The van der Waals surface area contributed by atoms with Gasteiger partial charge in [-0.25, -0.2) is 0 Å². The van der Waals surface area contributed by atoms with Crippen molar-refractivity contribution in [3.63, 3.8) is 0 Å². The minimum Gasteiger partial charge on any atom is -0.376 e. The van der Waals surface area contributed by atoms with Crippen LogP contribution >= 0.6 is 0 Å². The van der Waals surface area contributed by atoms with Crippen molar-refractivity contribution in [2.45, 2.75) is 71.3 Å². The molecule has 5 rings (SSSR count). The average molecular weight is 343 g/mol. The van der Waals surface area contributed by atoms with Crippen LogP contribution in [0.4, 0.5) is 0 Å². The van der Waals surface area contributed by atoms with E-state index < -0.39 is 0 Å². The van der Waals surface area contributed by atoms with Gasteiger partial charge in [-0.1, -0.05) is 43.6 Å². The third-order valence-electron chi connectivity index (χ3n) is 8.78. The predicted octanol–water partition coefficient (Wildman–Crippen LogP) is 5.29. The number of fused-ring (bicyclic) bond motifs is 5. The van der Waals surface area contributed by atoms with Crippen LogP contribution in [0.2, 0.25) is 0 Å². The second-order valence-corrected chi connectivity index (χ2v) is 9.74. The summed E-state index contributed by atoms with van der Waals surface area (Å²) in [6.07, 6.45) is 16.5. The molecule has 0 spiro atoms. The fourth-order valence-corrected chi connectivity index (χ4v) is 7.38. The molecule has 2 nitrogen and oxygen atoms in total. The Hall–Kier alpha value is -0.600. The lowest BCUT2D eigenvalue weighted by molar-refractivity contribution is -0.129. The van der Waals surface area contributed by atoms with E-state index in [1.807, 2.05) is 5.57 Å². The van der Waals surface area contributed by atoms with E-state index in [2.05, 4.69) is 26.0 Å². The summed E-state index contributed by atoms with van der Waals surface area (Å²) in [7, 11) is 0. The van der Waals surface area contributed by atoms with E-state index in [4.69, 9.17) is 9.47 Å². The molecule has 3 fully saturated rings. The van der Waals surface area contributed by atoms with Gasteiger partial charge in [0.1, 0.15) is 0 Å². The van der Waals surface area contributed by atoms with Crippen molar-refractivity contribution >= 4 is 0 Å². The Balaban J connectivity index is 1.44. The summed E-state index contributed by atoms with van der Waals surface area (Å²) in [6.45, 7) is 7.51. The monoisotopic (exact) mass is 342 g/mol. The Morgan fingerprint density at radius 2 is 1.88 bits per heavy atom. The molecule has 1 unspecified atom stereocenters. The maximum Gasteiger partial charge on any atom is 0.0848 e.